The van der Waals surface area contributed by atoms with Crippen molar-refractivity contribution in [2.45, 2.75) is 130 Å². The summed E-state index contributed by atoms with van der Waals surface area (Å²) in [5, 5.41) is 0. The second kappa shape index (κ2) is 16.7. The molecule has 1 aliphatic carbocycles. The maximum Gasteiger partial charge on any atom is 0.248 e. The minimum Gasteiger partial charge on any atom is -0.350 e. The van der Waals surface area contributed by atoms with Crippen LogP contribution in [-0.2, 0) is 24.0 Å². The lowest BCUT2D eigenvalue weighted by molar-refractivity contribution is -0.205. The van der Waals surface area contributed by atoms with Crippen LogP contribution in [0, 0.1) is 35.0 Å². The molecule has 226 valence electrons. The molecule has 0 aromatic rings. The molecule has 3 unspecified atom stereocenters. The molecule has 0 radical (unpaired) electrons. The quantitative estimate of drug-likeness (QED) is 0.125. The Bertz CT molecular complexity index is 762. The van der Waals surface area contributed by atoms with Crippen molar-refractivity contribution in [2.75, 3.05) is 6.61 Å². The highest BCUT2D eigenvalue weighted by molar-refractivity contribution is 5.97. The number of ketones is 1. The topological polar surface area (TPSA) is 146 Å². The van der Waals surface area contributed by atoms with Gasteiger partial charge in [0, 0.05) is 18.4 Å². The number of nitrogens with two attached hydrogens (primary N) is 2. The van der Waals surface area contributed by atoms with Gasteiger partial charge in [-0.3, -0.25) is 19.8 Å². The van der Waals surface area contributed by atoms with Crippen molar-refractivity contribution >= 4 is 17.6 Å². The number of hydrazine groups is 1. The van der Waals surface area contributed by atoms with Crippen molar-refractivity contribution in [3.63, 3.8) is 0 Å². The van der Waals surface area contributed by atoms with Gasteiger partial charge < -0.3 is 10.5 Å². The summed E-state index contributed by atoms with van der Waals surface area (Å²) in [6, 6.07) is -0.781. The average molecular weight is 553 g/mol. The Labute approximate surface area is 236 Å². The van der Waals surface area contributed by atoms with E-state index in [-0.39, 0.29) is 17.6 Å². The monoisotopic (exact) mass is 552 g/mol. The number of Topliss-reactive ketones (excluding diaryl/α,β-unsaturated/α-hetero) is 1. The SMILES string of the molecule is CC(C)C[C@@H](C(=O)NN)C(C(=O)NOC1CCCCO1)C(CCCC1CCCCC1)(CC(C)C)C(=O)[C@@H](C)N. The Morgan fingerprint density at radius 1 is 0.949 bits per heavy atom. The lowest BCUT2D eigenvalue weighted by Gasteiger charge is -2.44. The van der Waals surface area contributed by atoms with Crippen molar-refractivity contribution in [3.05, 3.63) is 0 Å². The normalized spacial score (nSPS) is 22.6. The highest BCUT2D eigenvalue weighted by Crippen LogP contribution is 2.47. The molecule has 2 fully saturated rings. The van der Waals surface area contributed by atoms with Gasteiger partial charge >= 0.3 is 0 Å². The number of hydrogen-bond acceptors (Lipinski definition) is 7. The predicted molar refractivity (Wildman–Crippen MR) is 153 cm³/mol. The molecule has 2 rings (SSSR count). The van der Waals surface area contributed by atoms with Gasteiger partial charge in [-0.2, -0.15) is 0 Å². The van der Waals surface area contributed by atoms with E-state index in [1.807, 2.05) is 27.7 Å². The molecule has 9 nitrogen and oxygen atoms in total. The molecular weight excluding hydrogens is 496 g/mol. The van der Waals surface area contributed by atoms with Crippen molar-refractivity contribution in [1.29, 1.82) is 0 Å². The van der Waals surface area contributed by atoms with Crippen LogP contribution in [0.2, 0.25) is 0 Å². The first-order chi connectivity index (χ1) is 18.5. The zero-order valence-corrected chi connectivity index (χ0v) is 25.1. The zero-order chi connectivity index (χ0) is 29.0. The number of hydroxylamine groups is 1. The van der Waals surface area contributed by atoms with Gasteiger partial charge in [0.2, 0.25) is 11.8 Å². The Balaban J connectivity index is 2.52. The molecule has 39 heavy (non-hydrogen) atoms. The number of carbonyl (C=O) groups is 3. The third-order valence-electron chi connectivity index (χ3n) is 8.55. The lowest BCUT2D eigenvalue weighted by Crippen LogP contribution is -2.57. The summed E-state index contributed by atoms with van der Waals surface area (Å²) >= 11 is 0. The number of hydrogen-bond donors (Lipinski definition) is 4. The van der Waals surface area contributed by atoms with Crippen LogP contribution in [0.5, 0.6) is 0 Å². The Morgan fingerprint density at radius 2 is 1.62 bits per heavy atom. The molecule has 1 heterocycles. The van der Waals surface area contributed by atoms with Crippen molar-refractivity contribution < 1.29 is 24.0 Å². The van der Waals surface area contributed by atoms with Gasteiger partial charge in [-0.15, -0.1) is 0 Å². The van der Waals surface area contributed by atoms with Crippen molar-refractivity contribution in [1.82, 2.24) is 10.9 Å². The Kier molecular flexibility index (Phi) is 14.4. The van der Waals surface area contributed by atoms with E-state index < -0.39 is 41.4 Å². The van der Waals surface area contributed by atoms with Crippen LogP contribution in [0.4, 0.5) is 0 Å². The highest BCUT2D eigenvalue weighted by atomic mass is 16.8. The maximum atomic E-state index is 14.2. The van der Waals surface area contributed by atoms with E-state index in [4.69, 9.17) is 21.2 Å². The van der Waals surface area contributed by atoms with Crippen molar-refractivity contribution in [2.24, 2.45) is 46.6 Å². The molecule has 6 N–H and O–H groups in total. The molecule has 0 aromatic heterocycles. The number of ether oxygens (including phenoxy) is 1. The number of carbonyl (C=O) groups excluding carboxylic acids is 3. The summed E-state index contributed by atoms with van der Waals surface area (Å²) < 4.78 is 5.65. The summed E-state index contributed by atoms with van der Waals surface area (Å²) in [5.74, 6) is 3.58. The number of nitrogens with one attached hydrogen (secondary N) is 2. The van der Waals surface area contributed by atoms with Gasteiger partial charge in [-0.05, 0) is 56.8 Å². The first-order valence-corrected chi connectivity index (χ1v) is 15.4. The van der Waals surface area contributed by atoms with Crippen LogP contribution in [0.1, 0.15) is 118 Å². The first kappa shape index (κ1) is 33.7. The number of amides is 2. The lowest BCUT2D eigenvalue weighted by atomic mass is 9.58. The molecule has 1 saturated carbocycles. The van der Waals surface area contributed by atoms with Crippen LogP contribution < -0.4 is 22.5 Å². The van der Waals surface area contributed by atoms with Gasteiger partial charge in [0.25, 0.3) is 0 Å². The van der Waals surface area contributed by atoms with Gasteiger partial charge in [0.15, 0.2) is 12.1 Å². The van der Waals surface area contributed by atoms with Crippen LogP contribution >= 0.6 is 0 Å². The van der Waals surface area contributed by atoms with E-state index in [0.717, 1.165) is 25.7 Å². The summed E-state index contributed by atoms with van der Waals surface area (Å²) in [4.78, 5) is 47.4. The van der Waals surface area contributed by atoms with Gasteiger partial charge in [0.1, 0.15) is 0 Å². The largest absolute Gasteiger partial charge is 0.350 e. The molecule has 0 aromatic carbocycles. The molecule has 2 aliphatic rings. The van der Waals surface area contributed by atoms with Crippen LogP contribution in [0.25, 0.3) is 0 Å². The standard InChI is InChI=1S/C30H56N4O5/c1-20(2)18-24(28(36)33-32)26(29(37)34-39-25-15-9-10-17-38-25)30(19-21(3)4,27(35)22(5)31)16-11-14-23-12-7-6-8-13-23/h20-26H,6-19,31-32H2,1-5H3,(H,33,36)(H,34,37)/t22-,24-,25?,26?,30?/m1/s1. The molecule has 2 amide bonds. The fourth-order valence-electron chi connectivity index (χ4n) is 6.95. The van der Waals surface area contributed by atoms with Gasteiger partial charge in [0.05, 0.1) is 17.9 Å². The molecule has 0 bridgehead atoms. The summed E-state index contributed by atoms with van der Waals surface area (Å²) in [5.41, 5.74) is 10.1. The Hall–Kier alpha value is -1.55. The van der Waals surface area contributed by atoms with Crippen LogP contribution in [0.3, 0.4) is 0 Å². The second-order valence-corrected chi connectivity index (χ2v) is 12.9. The van der Waals surface area contributed by atoms with Crippen LogP contribution in [-0.4, -0.2) is 36.5 Å². The summed E-state index contributed by atoms with van der Waals surface area (Å²) in [6.07, 6.45) is 11.4. The van der Waals surface area contributed by atoms with Gasteiger partial charge in [-0.1, -0.05) is 72.6 Å². The smallest absolute Gasteiger partial charge is 0.248 e. The fraction of sp³-hybridized carbons (Fsp3) is 0.900. The molecule has 1 saturated heterocycles. The molecule has 1 aliphatic heterocycles. The second-order valence-electron chi connectivity index (χ2n) is 12.9. The minimum absolute atomic E-state index is 0.0922. The Morgan fingerprint density at radius 3 is 2.15 bits per heavy atom. The minimum atomic E-state index is -1.13. The van der Waals surface area contributed by atoms with Gasteiger partial charge in [-0.25, -0.2) is 16.2 Å². The molecule has 9 heteroatoms. The van der Waals surface area contributed by atoms with E-state index in [0.29, 0.717) is 38.2 Å². The van der Waals surface area contributed by atoms with E-state index in [2.05, 4.69) is 10.9 Å². The molecule has 0 spiro atoms. The summed E-state index contributed by atoms with van der Waals surface area (Å²) in [6.45, 7) is 10.3. The predicted octanol–water partition coefficient (Wildman–Crippen LogP) is 4.53. The van der Waals surface area contributed by atoms with E-state index >= 15 is 0 Å². The first-order valence-electron chi connectivity index (χ1n) is 15.4. The van der Waals surface area contributed by atoms with E-state index in [1.54, 1.807) is 6.92 Å². The fourth-order valence-corrected chi connectivity index (χ4v) is 6.95. The zero-order valence-electron chi connectivity index (χ0n) is 25.1. The maximum absolute atomic E-state index is 14.2. The summed E-state index contributed by atoms with van der Waals surface area (Å²) in [7, 11) is 0. The third kappa shape index (κ3) is 10.1. The third-order valence-corrected chi connectivity index (χ3v) is 8.55. The van der Waals surface area contributed by atoms with E-state index in [1.165, 1.54) is 32.1 Å². The average Bonchev–Trinajstić information content (AvgIpc) is 2.91. The number of rotatable bonds is 16. The highest BCUT2D eigenvalue weighted by Gasteiger charge is 2.54. The van der Waals surface area contributed by atoms with Crippen molar-refractivity contribution in [3.8, 4) is 0 Å². The van der Waals surface area contributed by atoms with E-state index in [9.17, 15) is 14.4 Å². The molecular formula is C30H56N4O5. The molecule has 5 atom stereocenters. The van der Waals surface area contributed by atoms with Crippen LogP contribution in [0.15, 0.2) is 0 Å².